The molecule has 92 valence electrons. The van der Waals surface area contributed by atoms with E-state index in [9.17, 15) is 9.90 Å². The molecule has 0 aromatic rings. The summed E-state index contributed by atoms with van der Waals surface area (Å²) < 4.78 is 0. The van der Waals surface area contributed by atoms with Crippen LogP contribution in [0.1, 0.15) is 25.7 Å². The zero-order chi connectivity index (χ0) is 11.5. The molecule has 0 bridgehead atoms. The van der Waals surface area contributed by atoms with E-state index in [0.29, 0.717) is 0 Å². The molecular weight excluding hydrogens is 224 g/mol. The lowest BCUT2D eigenvalue weighted by Gasteiger charge is -2.31. The number of nitrogens with two attached hydrogens (primary N) is 1. The Labute approximate surface area is 101 Å². The van der Waals surface area contributed by atoms with Gasteiger partial charge in [-0.05, 0) is 31.6 Å². The van der Waals surface area contributed by atoms with Gasteiger partial charge in [0.15, 0.2) is 0 Å². The van der Waals surface area contributed by atoms with Crippen molar-refractivity contribution in [2.24, 2.45) is 11.7 Å². The maximum Gasteiger partial charge on any atom is 0.240 e. The van der Waals surface area contributed by atoms with Crippen LogP contribution in [-0.2, 0) is 4.79 Å². The van der Waals surface area contributed by atoms with Crippen molar-refractivity contribution in [3.05, 3.63) is 0 Å². The number of rotatable bonds is 2. The van der Waals surface area contributed by atoms with Crippen LogP contribution in [0, 0.1) is 5.92 Å². The molecule has 0 radical (unpaired) electrons. The minimum absolute atomic E-state index is 0.103. The van der Waals surface area contributed by atoms with E-state index in [1.807, 2.05) is 4.90 Å². The molecule has 1 saturated carbocycles. The SMILES string of the molecule is N[C@H](C(=O)N1CCSC1)[C@H]1CC[C@H](O)CC1. The molecule has 2 aliphatic rings. The van der Waals surface area contributed by atoms with Crippen molar-refractivity contribution >= 4 is 17.7 Å². The third-order valence-electron chi connectivity index (χ3n) is 3.60. The lowest BCUT2D eigenvalue weighted by molar-refractivity contribution is -0.132. The first-order valence-corrected chi connectivity index (χ1v) is 7.14. The maximum absolute atomic E-state index is 12.1. The Morgan fingerprint density at radius 2 is 2.06 bits per heavy atom. The van der Waals surface area contributed by atoms with E-state index in [0.717, 1.165) is 43.9 Å². The first-order valence-electron chi connectivity index (χ1n) is 5.98. The molecule has 1 aliphatic carbocycles. The molecule has 0 unspecified atom stereocenters. The van der Waals surface area contributed by atoms with Crippen LogP contribution in [-0.4, -0.2) is 46.2 Å². The molecule has 4 nitrogen and oxygen atoms in total. The summed E-state index contributed by atoms with van der Waals surface area (Å²) in [6, 6.07) is -0.355. The number of amides is 1. The van der Waals surface area contributed by atoms with E-state index < -0.39 is 0 Å². The van der Waals surface area contributed by atoms with Crippen molar-refractivity contribution in [1.82, 2.24) is 4.90 Å². The zero-order valence-electron chi connectivity index (χ0n) is 9.47. The second kappa shape index (κ2) is 5.38. The fraction of sp³-hybridized carbons (Fsp3) is 0.909. The van der Waals surface area contributed by atoms with Crippen LogP contribution in [0.25, 0.3) is 0 Å². The highest BCUT2D eigenvalue weighted by molar-refractivity contribution is 7.99. The van der Waals surface area contributed by atoms with Crippen molar-refractivity contribution in [2.45, 2.75) is 37.8 Å². The van der Waals surface area contributed by atoms with E-state index in [4.69, 9.17) is 5.73 Å². The number of thioether (sulfide) groups is 1. The van der Waals surface area contributed by atoms with Gasteiger partial charge in [0.1, 0.15) is 0 Å². The number of nitrogens with zero attached hydrogens (tertiary/aromatic N) is 1. The molecule has 1 atom stereocenters. The van der Waals surface area contributed by atoms with E-state index in [2.05, 4.69) is 0 Å². The van der Waals surface area contributed by atoms with Crippen LogP contribution in [0.5, 0.6) is 0 Å². The topological polar surface area (TPSA) is 66.6 Å². The normalized spacial score (nSPS) is 32.8. The number of carbonyl (C=O) groups is 1. The standard InChI is InChI=1S/C11H20N2O2S/c12-10(8-1-3-9(14)4-2-8)11(15)13-5-6-16-7-13/h8-10,14H,1-7,12H2/t8-,9-,10-/m0/s1. The Morgan fingerprint density at radius 1 is 1.38 bits per heavy atom. The molecule has 1 heterocycles. The smallest absolute Gasteiger partial charge is 0.240 e. The van der Waals surface area contributed by atoms with Crippen LogP contribution >= 0.6 is 11.8 Å². The van der Waals surface area contributed by atoms with Crippen molar-refractivity contribution in [1.29, 1.82) is 0 Å². The molecule has 0 aromatic heterocycles. The molecule has 0 aromatic carbocycles. The third kappa shape index (κ3) is 2.70. The van der Waals surface area contributed by atoms with Crippen LogP contribution in [0.3, 0.4) is 0 Å². The van der Waals surface area contributed by atoms with Gasteiger partial charge in [-0.15, -0.1) is 11.8 Å². The Bertz CT molecular complexity index is 248. The molecule has 3 N–H and O–H groups in total. The number of aliphatic hydroxyl groups excluding tert-OH is 1. The van der Waals surface area contributed by atoms with Crippen LogP contribution in [0.2, 0.25) is 0 Å². The second-order valence-electron chi connectivity index (χ2n) is 4.73. The fourth-order valence-corrected chi connectivity index (χ4v) is 3.42. The first-order chi connectivity index (χ1) is 7.68. The summed E-state index contributed by atoms with van der Waals surface area (Å²) in [7, 11) is 0. The predicted octanol–water partition coefficient (Wildman–Crippen LogP) is 0.398. The van der Waals surface area contributed by atoms with Gasteiger partial charge in [-0.3, -0.25) is 4.79 Å². The van der Waals surface area contributed by atoms with Gasteiger partial charge >= 0.3 is 0 Å². The van der Waals surface area contributed by atoms with Crippen molar-refractivity contribution < 1.29 is 9.90 Å². The summed E-state index contributed by atoms with van der Waals surface area (Å²) >= 11 is 1.78. The van der Waals surface area contributed by atoms with Crippen molar-refractivity contribution in [3.8, 4) is 0 Å². The van der Waals surface area contributed by atoms with Gasteiger partial charge in [-0.1, -0.05) is 0 Å². The highest BCUT2D eigenvalue weighted by atomic mass is 32.2. The fourth-order valence-electron chi connectivity index (χ4n) is 2.46. The Kier molecular flexibility index (Phi) is 4.10. The molecule has 2 fully saturated rings. The molecule has 5 heteroatoms. The number of hydrogen-bond acceptors (Lipinski definition) is 4. The zero-order valence-corrected chi connectivity index (χ0v) is 10.3. The van der Waals surface area contributed by atoms with E-state index in [1.165, 1.54) is 0 Å². The van der Waals surface area contributed by atoms with Gasteiger partial charge in [0.2, 0.25) is 5.91 Å². The quantitative estimate of drug-likeness (QED) is 0.738. The molecule has 1 aliphatic heterocycles. The number of aliphatic hydroxyl groups is 1. The first kappa shape index (κ1) is 12.2. The Morgan fingerprint density at radius 3 is 2.62 bits per heavy atom. The predicted molar refractivity (Wildman–Crippen MR) is 65.0 cm³/mol. The van der Waals surface area contributed by atoms with Gasteiger partial charge in [0.25, 0.3) is 0 Å². The van der Waals surface area contributed by atoms with Gasteiger partial charge in [0, 0.05) is 12.3 Å². The van der Waals surface area contributed by atoms with Gasteiger partial charge in [0.05, 0.1) is 18.0 Å². The summed E-state index contributed by atoms with van der Waals surface area (Å²) in [5.41, 5.74) is 6.04. The molecule has 16 heavy (non-hydrogen) atoms. The second-order valence-corrected chi connectivity index (χ2v) is 5.81. The van der Waals surface area contributed by atoms with Crippen LogP contribution in [0.4, 0.5) is 0 Å². The van der Waals surface area contributed by atoms with E-state index in [-0.39, 0.29) is 24.0 Å². The largest absolute Gasteiger partial charge is 0.393 e. The molecule has 2 rings (SSSR count). The maximum atomic E-state index is 12.1. The average Bonchev–Trinajstić information content (AvgIpc) is 2.81. The van der Waals surface area contributed by atoms with Crippen LogP contribution < -0.4 is 5.73 Å². The summed E-state index contributed by atoms with van der Waals surface area (Å²) in [4.78, 5) is 13.9. The summed E-state index contributed by atoms with van der Waals surface area (Å²) in [6.07, 6.45) is 3.17. The lowest BCUT2D eigenvalue weighted by atomic mass is 9.82. The summed E-state index contributed by atoms with van der Waals surface area (Å²) in [5, 5.41) is 9.42. The van der Waals surface area contributed by atoms with E-state index >= 15 is 0 Å². The van der Waals surface area contributed by atoms with Crippen molar-refractivity contribution in [2.75, 3.05) is 18.2 Å². The lowest BCUT2D eigenvalue weighted by Crippen LogP contribution is -2.47. The highest BCUT2D eigenvalue weighted by Gasteiger charge is 2.32. The summed E-state index contributed by atoms with van der Waals surface area (Å²) in [5.74, 6) is 2.19. The summed E-state index contributed by atoms with van der Waals surface area (Å²) in [6.45, 7) is 0.840. The monoisotopic (exact) mass is 244 g/mol. The molecule has 1 amide bonds. The minimum Gasteiger partial charge on any atom is -0.393 e. The average molecular weight is 244 g/mol. The van der Waals surface area contributed by atoms with Gasteiger partial charge in [-0.25, -0.2) is 0 Å². The van der Waals surface area contributed by atoms with Crippen LogP contribution in [0.15, 0.2) is 0 Å². The van der Waals surface area contributed by atoms with Crippen molar-refractivity contribution in [3.63, 3.8) is 0 Å². The molecular formula is C11H20N2O2S. The number of hydrogen-bond donors (Lipinski definition) is 2. The Balaban J connectivity index is 1.86. The highest BCUT2D eigenvalue weighted by Crippen LogP contribution is 2.27. The molecule has 0 spiro atoms. The minimum atomic E-state index is -0.355. The van der Waals surface area contributed by atoms with Gasteiger partial charge in [-0.2, -0.15) is 0 Å². The molecule has 1 saturated heterocycles. The number of carbonyl (C=O) groups excluding carboxylic acids is 1. The van der Waals surface area contributed by atoms with Gasteiger partial charge < -0.3 is 15.7 Å². The Hall–Kier alpha value is -0.260. The third-order valence-corrected chi connectivity index (χ3v) is 4.56. The van der Waals surface area contributed by atoms with E-state index in [1.54, 1.807) is 11.8 Å².